The Labute approximate surface area is 108 Å². The summed E-state index contributed by atoms with van der Waals surface area (Å²) < 4.78 is 3.91. The van der Waals surface area contributed by atoms with Crippen molar-refractivity contribution in [2.45, 2.75) is 6.42 Å². The summed E-state index contributed by atoms with van der Waals surface area (Å²) >= 11 is 12.9. The first-order valence-electron chi connectivity index (χ1n) is 4.61. The van der Waals surface area contributed by atoms with Crippen LogP contribution in [0.15, 0.2) is 30.3 Å². The molecule has 0 spiro atoms. The van der Waals surface area contributed by atoms with Gasteiger partial charge >= 0.3 is 0 Å². The molecule has 2 rings (SSSR count). The van der Waals surface area contributed by atoms with Crippen molar-refractivity contribution < 1.29 is 0 Å². The topological polar surface area (TPSA) is 36.7 Å². The summed E-state index contributed by atoms with van der Waals surface area (Å²) in [7, 11) is 0. The van der Waals surface area contributed by atoms with Crippen LogP contribution in [0.5, 0.6) is 0 Å². The molecule has 0 fully saturated rings. The van der Waals surface area contributed by atoms with Gasteiger partial charge in [0.2, 0.25) is 0 Å². The molecule has 0 amide bonds. The van der Waals surface area contributed by atoms with E-state index in [0.29, 0.717) is 22.0 Å². The third-order valence-electron chi connectivity index (χ3n) is 2.10. The summed E-state index contributed by atoms with van der Waals surface area (Å²) in [5.74, 6) is 0. The van der Waals surface area contributed by atoms with Crippen molar-refractivity contribution in [3.05, 3.63) is 50.9 Å². The molecule has 2 aromatic rings. The van der Waals surface area contributed by atoms with Crippen LogP contribution in [-0.2, 0) is 6.42 Å². The van der Waals surface area contributed by atoms with Crippen molar-refractivity contribution in [2.24, 2.45) is 0 Å². The molecular weight excluding hydrogens is 263 g/mol. The molecule has 1 N–H and O–H groups in total. The monoisotopic (exact) mass is 270 g/mol. The molecule has 5 heteroatoms. The molecular formula is C11H8Cl2N2S. The second-order valence-electron chi connectivity index (χ2n) is 3.26. The lowest BCUT2D eigenvalue weighted by atomic mass is 10.1. The highest BCUT2D eigenvalue weighted by Gasteiger charge is 2.14. The first-order valence-corrected chi connectivity index (χ1v) is 6.14. The van der Waals surface area contributed by atoms with Crippen molar-refractivity contribution in [1.29, 1.82) is 5.41 Å². The largest absolute Gasteiger partial charge is 0.303 e. The Bertz CT molecular complexity index is 508. The van der Waals surface area contributed by atoms with Gasteiger partial charge in [-0.25, -0.2) is 0 Å². The Kier molecular flexibility index (Phi) is 3.59. The maximum absolute atomic E-state index is 7.95. The zero-order valence-electron chi connectivity index (χ0n) is 8.21. The molecule has 0 aliphatic rings. The smallest absolute Gasteiger partial charge is 0.162 e. The highest BCUT2D eigenvalue weighted by atomic mass is 35.5. The number of hydrogen-bond acceptors (Lipinski definition) is 3. The van der Waals surface area contributed by atoms with Gasteiger partial charge in [0.25, 0.3) is 0 Å². The highest BCUT2D eigenvalue weighted by molar-refractivity contribution is 7.09. The lowest BCUT2D eigenvalue weighted by Gasteiger charge is -2.01. The van der Waals surface area contributed by atoms with E-state index in [4.69, 9.17) is 28.6 Å². The average molecular weight is 271 g/mol. The van der Waals surface area contributed by atoms with Crippen LogP contribution in [0.4, 0.5) is 0 Å². The summed E-state index contributed by atoms with van der Waals surface area (Å²) in [6.07, 6.45) is 0.541. The van der Waals surface area contributed by atoms with Crippen LogP contribution in [0.1, 0.15) is 10.4 Å². The van der Waals surface area contributed by atoms with Gasteiger partial charge in [0.05, 0.1) is 15.6 Å². The van der Waals surface area contributed by atoms with Crippen molar-refractivity contribution in [2.75, 3.05) is 0 Å². The summed E-state index contributed by atoms with van der Waals surface area (Å²) in [6.45, 7) is 0. The van der Waals surface area contributed by atoms with Gasteiger partial charge in [-0.15, -0.1) is 0 Å². The van der Waals surface area contributed by atoms with Crippen LogP contribution in [0.3, 0.4) is 0 Å². The average Bonchev–Trinajstić information content (AvgIpc) is 2.61. The molecule has 0 saturated heterocycles. The quantitative estimate of drug-likeness (QED) is 0.840. The summed E-state index contributed by atoms with van der Waals surface area (Å²) in [5.41, 5.74) is 1.52. The van der Waals surface area contributed by atoms with E-state index in [1.54, 1.807) is 0 Å². The van der Waals surface area contributed by atoms with Crippen molar-refractivity contribution >= 4 is 40.4 Å². The molecule has 16 heavy (non-hydrogen) atoms. The Morgan fingerprint density at radius 1 is 1.25 bits per heavy atom. The van der Waals surface area contributed by atoms with Gasteiger partial charge in [-0.1, -0.05) is 53.5 Å². The van der Waals surface area contributed by atoms with Crippen LogP contribution in [-0.4, -0.2) is 10.1 Å². The number of rotatable bonds is 3. The molecule has 0 saturated carbocycles. The van der Waals surface area contributed by atoms with E-state index >= 15 is 0 Å². The van der Waals surface area contributed by atoms with Gasteiger partial charge in [0.15, 0.2) is 5.15 Å². The molecule has 2 nitrogen and oxygen atoms in total. The molecule has 0 aliphatic heterocycles. The highest BCUT2D eigenvalue weighted by Crippen LogP contribution is 2.29. The van der Waals surface area contributed by atoms with Crippen LogP contribution in [0.25, 0.3) is 0 Å². The van der Waals surface area contributed by atoms with E-state index in [2.05, 4.69) is 4.37 Å². The maximum Gasteiger partial charge on any atom is 0.162 e. The fourth-order valence-electron chi connectivity index (χ4n) is 1.33. The van der Waals surface area contributed by atoms with Crippen LogP contribution >= 0.6 is 34.7 Å². The van der Waals surface area contributed by atoms with Gasteiger partial charge in [0.1, 0.15) is 0 Å². The van der Waals surface area contributed by atoms with Gasteiger partial charge in [-0.2, -0.15) is 4.37 Å². The molecule has 0 radical (unpaired) electrons. The third-order valence-corrected chi connectivity index (χ3v) is 3.95. The molecule has 0 aliphatic carbocycles. The minimum absolute atomic E-state index is 0.277. The fourth-order valence-corrected chi connectivity index (χ4v) is 2.51. The number of aromatic nitrogens is 1. The van der Waals surface area contributed by atoms with E-state index in [1.165, 1.54) is 11.5 Å². The van der Waals surface area contributed by atoms with Gasteiger partial charge < -0.3 is 5.41 Å². The fraction of sp³-hybridized carbons (Fsp3) is 0.0909. The van der Waals surface area contributed by atoms with E-state index in [9.17, 15) is 0 Å². The van der Waals surface area contributed by atoms with Crippen LogP contribution < -0.4 is 0 Å². The molecule has 1 aromatic carbocycles. The van der Waals surface area contributed by atoms with E-state index in [-0.39, 0.29) is 5.15 Å². The Morgan fingerprint density at radius 3 is 2.50 bits per heavy atom. The predicted molar refractivity (Wildman–Crippen MR) is 69.1 cm³/mol. The minimum atomic E-state index is 0.277. The lowest BCUT2D eigenvalue weighted by molar-refractivity contribution is 1.29. The number of benzene rings is 1. The van der Waals surface area contributed by atoms with Crippen molar-refractivity contribution in [3.63, 3.8) is 0 Å². The van der Waals surface area contributed by atoms with E-state index in [0.717, 1.165) is 5.56 Å². The van der Waals surface area contributed by atoms with Gasteiger partial charge in [0, 0.05) is 6.42 Å². The first kappa shape index (κ1) is 11.6. The van der Waals surface area contributed by atoms with Crippen molar-refractivity contribution in [1.82, 2.24) is 4.37 Å². The maximum atomic E-state index is 7.95. The molecule has 1 aromatic heterocycles. The summed E-state index contributed by atoms with van der Waals surface area (Å²) in [5, 5.41) is 8.61. The Balaban J connectivity index is 2.18. The lowest BCUT2D eigenvalue weighted by Crippen LogP contribution is -2.01. The third kappa shape index (κ3) is 2.43. The SMILES string of the molecule is N=C(Cc1ccccc1)c1snc(Cl)c1Cl. The summed E-state index contributed by atoms with van der Waals surface area (Å²) in [4.78, 5) is 0.649. The number of nitrogens with one attached hydrogen (secondary N) is 1. The minimum Gasteiger partial charge on any atom is -0.303 e. The Hall–Kier alpha value is -0.900. The zero-order valence-corrected chi connectivity index (χ0v) is 10.5. The Morgan fingerprint density at radius 2 is 1.94 bits per heavy atom. The molecule has 0 bridgehead atoms. The standard InChI is InChI=1S/C11H8Cl2N2S/c12-9-10(16-15-11(9)13)8(14)6-7-4-2-1-3-5-7/h1-5,14H,6H2. The number of nitrogens with zero attached hydrogens (tertiary/aromatic N) is 1. The van der Waals surface area contributed by atoms with Gasteiger partial charge in [-0.05, 0) is 17.1 Å². The van der Waals surface area contributed by atoms with Crippen LogP contribution in [0.2, 0.25) is 10.2 Å². The number of halogens is 2. The van der Waals surface area contributed by atoms with Gasteiger partial charge in [-0.3, -0.25) is 0 Å². The summed E-state index contributed by atoms with van der Waals surface area (Å²) in [6, 6.07) is 9.80. The van der Waals surface area contributed by atoms with Crippen LogP contribution in [0, 0.1) is 5.41 Å². The molecule has 82 valence electrons. The van der Waals surface area contributed by atoms with E-state index < -0.39 is 0 Å². The molecule has 0 atom stereocenters. The molecule has 1 heterocycles. The van der Waals surface area contributed by atoms with Crippen molar-refractivity contribution in [3.8, 4) is 0 Å². The first-order chi connectivity index (χ1) is 7.68. The molecule has 0 unspecified atom stereocenters. The second kappa shape index (κ2) is 4.95. The number of hydrogen-bond donors (Lipinski definition) is 1. The normalized spacial score (nSPS) is 10.4. The second-order valence-corrected chi connectivity index (χ2v) is 4.77. The van der Waals surface area contributed by atoms with E-state index in [1.807, 2.05) is 30.3 Å². The zero-order chi connectivity index (χ0) is 11.5. The predicted octanol–water partition coefficient (Wildman–Crippen LogP) is 4.06.